The molecule has 0 bridgehead atoms. The van der Waals surface area contributed by atoms with E-state index in [9.17, 15) is 4.79 Å². The lowest BCUT2D eigenvalue weighted by Gasteiger charge is -2.08. The summed E-state index contributed by atoms with van der Waals surface area (Å²) in [6, 6.07) is 7.76. The SMILES string of the molecule is CC/C=N/NC(=O)COc1ccc(C(C)C)cc1. The average Bonchev–Trinajstić information content (AvgIpc) is 2.37. The van der Waals surface area contributed by atoms with Crippen molar-refractivity contribution in [1.82, 2.24) is 5.43 Å². The first kappa shape index (κ1) is 14.2. The van der Waals surface area contributed by atoms with E-state index < -0.39 is 0 Å². The Kier molecular flexibility index (Phi) is 5.91. The summed E-state index contributed by atoms with van der Waals surface area (Å²) >= 11 is 0. The number of hydrogen-bond donors (Lipinski definition) is 1. The minimum atomic E-state index is -0.257. The molecule has 0 spiro atoms. The van der Waals surface area contributed by atoms with Gasteiger partial charge in [-0.25, -0.2) is 5.43 Å². The highest BCUT2D eigenvalue weighted by molar-refractivity contribution is 5.78. The Bertz CT molecular complexity index is 397. The highest BCUT2D eigenvalue weighted by atomic mass is 16.5. The largest absolute Gasteiger partial charge is 0.484 e. The van der Waals surface area contributed by atoms with E-state index >= 15 is 0 Å². The van der Waals surface area contributed by atoms with Crippen LogP contribution in [0.2, 0.25) is 0 Å². The lowest BCUT2D eigenvalue weighted by Crippen LogP contribution is -2.24. The minimum Gasteiger partial charge on any atom is -0.484 e. The molecular weight excluding hydrogens is 228 g/mol. The highest BCUT2D eigenvalue weighted by Crippen LogP contribution is 2.18. The molecule has 0 unspecified atom stereocenters. The van der Waals surface area contributed by atoms with Crippen LogP contribution in [-0.2, 0) is 4.79 Å². The van der Waals surface area contributed by atoms with E-state index in [4.69, 9.17) is 4.74 Å². The molecule has 0 radical (unpaired) electrons. The summed E-state index contributed by atoms with van der Waals surface area (Å²) in [6.45, 7) is 6.19. The van der Waals surface area contributed by atoms with E-state index in [0.717, 1.165) is 6.42 Å². The van der Waals surface area contributed by atoms with Gasteiger partial charge in [0.05, 0.1) is 0 Å². The van der Waals surface area contributed by atoms with E-state index in [1.54, 1.807) is 6.21 Å². The maximum Gasteiger partial charge on any atom is 0.277 e. The third-order valence-electron chi connectivity index (χ3n) is 2.38. The summed E-state index contributed by atoms with van der Waals surface area (Å²) in [4.78, 5) is 11.3. The molecule has 0 aliphatic heterocycles. The summed E-state index contributed by atoms with van der Waals surface area (Å²) in [7, 11) is 0. The molecule has 1 aromatic carbocycles. The Morgan fingerprint density at radius 3 is 2.61 bits per heavy atom. The normalized spacial score (nSPS) is 10.9. The number of nitrogens with zero attached hydrogens (tertiary/aromatic N) is 1. The van der Waals surface area contributed by atoms with Crippen LogP contribution >= 0.6 is 0 Å². The Morgan fingerprint density at radius 2 is 2.06 bits per heavy atom. The third kappa shape index (κ3) is 4.99. The molecule has 1 rings (SSSR count). The summed E-state index contributed by atoms with van der Waals surface area (Å²) in [5, 5.41) is 3.73. The third-order valence-corrected chi connectivity index (χ3v) is 2.38. The molecule has 0 fully saturated rings. The van der Waals surface area contributed by atoms with Crippen LogP contribution in [0.15, 0.2) is 29.4 Å². The molecule has 0 heterocycles. The van der Waals surface area contributed by atoms with Crippen molar-refractivity contribution < 1.29 is 9.53 Å². The Morgan fingerprint density at radius 1 is 1.39 bits per heavy atom. The number of ether oxygens (including phenoxy) is 1. The molecular formula is C14H20N2O2. The van der Waals surface area contributed by atoms with Crippen LogP contribution in [0.5, 0.6) is 5.75 Å². The zero-order valence-corrected chi connectivity index (χ0v) is 11.1. The smallest absolute Gasteiger partial charge is 0.277 e. The monoisotopic (exact) mass is 248 g/mol. The van der Waals surface area contributed by atoms with Crippen molar-refractivity contribution in [3.63, 3.8) is 0 Å². The van der Waals surface area contributed by atoms with Crippen molar-refractivity contribution in [1.29, 1.82) is 0 Å². The van der Waals surface area contributed by atoms with Crippen LogP contribution in [0.1, 0.15) is 38.7 Å². The quantitative estimate of drug-likeness (QED) is 0.621. The first-order chi connectivity index (χ1) is 8.63. The summed E-state index contributed by atoms with van der Waals surface area (Å²) in [5.41, 5.74) is 3.64. The van der Waals surface area contributed by atoms with E-state index in [-0.39, 0.29) is 12.5 Å². The second-order valence-corrected chi connectivity index (χ2v) is 4.27. The Labute approximate surface area is 108 Å². The van der Waals surface area contributed by atoms with Crippen LogP contribution < -0.4 is 10.2 Å². The first-order valence-electron chi connectivity index (χ1n) is 6.16. The van der Waals surface area contributed by atoms with Crippen molar-refractivity contribution in [2.45, 2.75) is 33.1 Å². The zero-order valence-electron chi connectivity index (χ0n) is 11.1. The van der Waals surface area contributed by atoms with Gasteiger partial charge in [0.25, 0.3) is 5.91 Å². The number of amides is 1. The molecule has 0 atom stereocenters. The molecule has 0 aliphatic carbocycles. The number of hydrazone groups is 1. The Hall–Kier alpha value is -1.84. The van der Waals surface area contributed by atoms with Crippen LogP contribution in [0.3, 0.4) is 0 Å². The molecule has 1 aromatic rings. The van der Waals surface area contributed by atoms with E-state index in [1.165, 1.54) is 5.56 Å². The standard InChI is InChI=1S/C14H20N2O2/c1-4-9-15-16-14(17)10-18-13-7-5-12(6-8-13)11(2)3/h5-9,11H,4,10H2,1-3H3,(H,16,17)/b15-9+. The molecule has 0 aliphatic rings. The summed E-state index contributed by atoms with van der Waals surface area (Å²) in [5.74, 6) is 0.924. The van der Waals surface area contributed by atoms with Crippen molar-refractivity contribution in [3.8, 4) is 5.75 Å². The molecule has 0 aromatic heterocycles. The number of benzene rings is 1. The van der Waals surface area contributed by atoms with Crippen LogP contribution in [0, 0.1) is 0 Å². The van der Waals surface area contributed by atoms with Gasteiger partial charge in [0.1, 0.15) is 5.75 Å². The predicted octanol–water partition coefficient (Wildman–Crippen LogP) is 2.70. The molecule has 4 nitrogen and oxygen atoms in total. The van der Waals surface area contributed by atoms with Crippen molar-refractivity contribution in [3.05, 3.63) is 29.8 Å². The average molecular weight is 248 g/mol. The van der Waals surface area contributed by atoms with Gasteiger partial charge in [0, 0.05) is 6.21 Å². The summed E-state index contributed by atoms with van der Waals surface area (Å²) in [6.07, 6.45) is 2.42. The number of rotatable bonds is 6. The minimum absolute atomic E-state index is 0.0257. The van der Waals surface area contributed by atoms with Crippen LogP contribution in [-0.4, -0.2) is 18.7 Å². The lowest BCUT2D eigenvalue weighted by molar-refractivity contribution is -0.123. The second kappa shape index (κ2) is 7.48. The molecule has 4 heteroatoms. The van der Waals surface area contributed by atoms with Gasteiger partial charge in [-0.15, -0.1) is 0 Å². The number of carbonyl (C=O) groups excluding carboxylic acids is 1. The number of hydrogen-bond acceptors (Lipinski definition) is 3. The topological polar surface area (TPSA) is 50.7 Å². The molecule has 98 valence electrons. The molecule has 0 saturated heterocycles. The van der Waals surface area contributed by atoms with Gasteiger partial charge in [-0.3, -0.25) is 4.79 Å². The van der Waals surface area contributed by atoms with Gasteiger partial charge >= 0.3 is 0 Å². The zero-order chi connectivity index (χ0) is 13.4. The number of carbonyl (C=O) groups is 1. The maximum absolute atomic E-state index is 11.3. The van der Waals surface area contributed by atoms with Crippen molar-refractivity contribution in [2.24, 2.45) is 5.10 Å². The van der Waals surface area contributed by atoms with E-state index in [0.29, 0.717) is 11.7 Å². The maximum atomic E-state index is 11.3. The Balaban J connectivity index is 2.39. The van der Waals surface area contributed by atoms with Gasteiger partial charge in [0.2, 0.25) is 0 Å². The molecule has 0 saturated carbocycles. The lowest BCUT2D eigenvalue weighted by atomic mass is 10.0. The van der Waals surface area contributed by atoms with Gasteiger partial charge < -0.3 is 4.74 Å². The highest BCUT2D eigenvalue weighted by Gasteiger charge is 2.02. The summed E-state index contributed by atoms with van der Waals surface area (Å²) < 4.78 is 5.35. The van der Waals surface area contributed by atoms with Crippen LogP contribution in [0.25, 0.3) is 0 Å². The predicted molar refractivity (Wildman–Crippen MR) is 73.0 cm³/mol. The van der Waals surface area contributed by atoms with Crippen LogP contribution in [0.4, 0.5) is 0 Å². The fourth-order valence-electron chi connectivity index (χ4n) is 1.34. The van der Waals surface area contributed by atoms with Crippen molar-refractivity contribution in [2.75, 3.05) is 6.61 Å². The fraction of sp³-hybridized carbons (Fsp3) is 0.429. The van der Waals surface area contributed by atoms with Gasteiger partial charge in [-0.05, 0) is 30.0 Å². The first-order valence-corrected chi connectivity index (χ1v) is 6.16. The van der Waals surface area contributed by atoms with Gasteiger partial charge in [0.15, 0.2) is 6.61 Å². The van der Waals surface area contributed by atoms with Crippen molar-refractivity contribution >= 4 is 12.1 Å². The molecule has 18 heavy (non-hydrogen) atoms. The van der Waals surface area contributed by atoms with Gasteiger partial charge in [-0.1, -0.05) is 32.9 Å². The van der Waals surface area contributed by atoms with E-state index in [1.807, 2.05) is 31.2 Å². The van der Waals surface area contributed by atoms with E-state index in [2.05, 4.69) is 24.4 Å². The van der Waals surface area contributed by atoms with Gasteiger partial charge in [-0.2, -0.15) is 5.10 Å². The molecule has 1 amide bonds. The second-order valence-electron chi connectivity index (χ2n) is 4.27. The fourth-order valence-corrected chi connectivity index (χ4v) is 1.34. The molecule has 1 N–H and O–H groups in total. The number of nitrogens with one attached hydrogen (secondary N) is 1.